The maximum absolute atomic E-state index is 14.5. The van der Waals surface area contributed by atoms with Crippen molar-refractivity contribution in [2.45, 2.75) is 132 Å². The van der Waals surface area contributed by atoms with Gasteiger partial charge in [-0.1, -0.05) is 30.4 Å². The monoisotopic (exact) mass is 988 g/mol. The second-order valence-corrected chi connectivity index (χ2v) is 17.8. The van der Waals surface area contributed by atoms with E-state index in [2.05, 4.69) is 37.4 Å². The van der Waals surface area contributed by atoms with Gasteiger partial charge in [0.2, 0.25) is 5.95 Å². The number of aromatic carboxylic acids is 1. The summed E-state index contributed by atoms with van der Waals surface area (Å²) in [6.07, 6.45) is -6.04. The molecule has 0 bridgehead atoms. The minimum absolute atomic E-state index is 0.0232. The Kier molecular flexibility index (Phi) is 20.3. The van der Waals surface area contributed by atoms with E-state index in [-0.39, 0.29) is 41.6 Å². The molecule has 0 unspecified atom stereocenters. The minimum Gasteiger partial charge on any atom is -0.478 e. The molecule has 0 amide bonds. The second-order valence-electron chi connectivity index (χ2n) is 17.8. The van der Waals surface area contributed by atoms with Crippen LogP contribution in [-0.2, 0) is 33.2 Å². The molecule has 1 saturated heterocycles. The molecule has 0 radical (unpaired) electrons. The molecule has 5 rings (SSSR count). The lowest BCUT2D eigenvalue weighted by molar-refractivity contribution is -0.195. The van der Waals surface area contributed by atoms with E-state index in [0.29, 0.717) is 42.5 Å². The van der Waals surface area contributed by atoms with Gasteiger partial charge < -0.3 is 72.1 Å². The smallest absolute Gasteiger partial charge is 0.337 e. The summed E-state index contributed by atoms with van der Waals surface area (Å²) in [6, 6.07) is 2.89. The number of unbranched alkanes of at least 4 members (excludes halogenated alkanes) is 4. The van der Waals surface area contributed by atoms with E-state index in [0.717, 1.165) is 49.5 Å². The molecule has 5 heterocycles. The number of aryl methyl sites for hydroxylation is 2. The van der Waals surface area contributed by atoms with Crippen molar-refractivity contribution in [3.8, 4) is 11.8 Å². The average molecular weight is 989 g/mol. The summed E-state index contributed by atoms with van der Waals surface area (Å²) in [5.41, 5.74) is 1.45. The Bertz CT molecular complexity index is 2490. The molecule has 1 aliphatic heterocycles. The van der Waals surface area contributed by atoms with Crippen molar-refractivity contribution in [1.29, 1.82) is 0 Å². The van der Waals surface area contributed by atoms with Crippen LogP contribution >= 0.6 is 0 Å². The number of rotatable bonds is 28. The zero-order chi connectivity index (χ0) is 51.3. The normalized spacial score (nSPS) is 18.1. The first-order valence-corrected chi connectivity index (χ1v) is 23.2. The number of carboxylic acid groups (broad SMARTS) is 1. The number of fused-ring (bicyclic) bond motifs is 1. The maximum atomic E-state index is 14.5. The SMILES string of the molecule is CC#CCn1c(N2CCC[C@@H](N)C2)nc2c1c(=O)n(C[C@](O)([C@H](O)[C@H](O)CO)[C@@H](O)CN(Cc1cn(CCCCCCCNc3ccc(C(=O)O)cn3)nn1)C[C@H](O)[C@@H](O)[C@H](O)[C@H](O)CO)c(=O)n2C. The van der Waals surface area contributed by atoms with E-state index in [4.69, 9.17) is 10.8 Å². The Balaban J connectivity index is 1.36. The fourth-order valence-electron chi connectivity index (χ4n) is 8.38. The van der Waals surface area contributed by atoms with Crippen molar-refractivity contribution in [2.75, 3.05) is 56.2 Å². The van der Waals surface area contributed by atoms with E-state index < -0.39 is 98.4 Å². The number of aliphatic hydroxyl groups is 10. The number of piperidine rings is 1. The Morgan fingerprint density at radius 2 is 1.67 bits per heavy atom. The third-order valence-electron chi connectivity index (χ3n) is 12.5. The van der Waals surface area contributed by atoms with Crippen molar-refractivity contribution < 1.29 is 61.0 Å². The molecule has 70 heavy (non-hydrogen) atoms. The molecule has 26 heteroatoms. The van der Waals surface area contributed by atoms with Crippen molar-refractivity contribution in [1.82, 2.24) is 43.6 Å². The number of hydrogen-bond acceptors (Lipinski definition) is 21. The standard InChI is InChI=1S/C44H68N12O14/c1-3-4-17-55-35-39(48-42(55)53-15-10-11-28(45)19-53)51(2)43(69)56(40(35)66)26-44(70,38(65)32(61)25-58)33(62)23-52(22-30(59)36(63)37(64)31(60)24-57)20-29-21-54(50-49-29)16-9-7-5-6-8-14-46-34-13-12-27(18-47-34)41(67)68/h12-13,18,21,28,30-33,36-38,57-65,70H,5-11,14-17,19-20,22-26,45H2,1-2H3,(H,46,47)(H,67,68)/t28-,30+,31-,32-,33+,36-,37-,38-,44-/m1/s1. The fraction of sp³-hybridized carbons (Fsp3) is 0.659. The van der Waals surface area contributed by atoms with Crippen LogP contribution in [0.15, 0.2) is 34.1 Å². The average Bonchev–Trinajstić information content (AvgIpc) is 3.97. The molecule has 0 aliphatic carbocycles. The molecule has 0 spiro atoms. The fourth-order valence-corrected chi connectivity index (χ4v) is 8.38. The quantitative estimate of drug-likeness (QED) is 0.0188. The summed E-state index contributed by atoms with van der Waals surface area (Å²) in [7, 11) is 1.33. The molecule has 1 aliphatic rings. The number of imidazole rings is 1. The summed E-state index contributed by atoms with van der Waals surface area (Å²) >= 11 is 0. The van der Waals surface area contributed by atoms with Gasteiger partial charge in [-0.15, -0.1) is 11.0 Å². The maximum Gasteiger partial charge on any atom is 0.337 e. The van der Waals surface area contributed by atoms with Gasteiger partial charge in [-0.05, 0) is 44.7 Å². The van der Waals surface area contributed by atoms with Gasteiger partial charge in [-0.25, -0.2) is 14.6 Å². The van der Waals surface area contributed by atoms with E-state index in [1.165, 1.54) is 28.8 Å². The Hall–Kier alpha value is -5.41. The lowest BCUT2D eigenvalue weighted by atomic mass is 9.86. The highest BCUT2D eigenvalue weighted by molar-refractivity contribution is 5.87. The third kappa shape index (κ3) is 13.7. The molecule has 14 N–H and O–H groups in total. The highest BCUT2D eigenvalue weighted by Gasteiger charge is 2.48. The lowest BCUT2D eigenvalue weighted by Gasteiger charge is -2.41. The first kappa shape index (κ1) is 55.5. The number of carboxylic acids is 1. The topological polar surface area (TPSA) is 390 Å². The van der Waals surface area contributed by atoms with Crippen LogP contribution in [0.4, 0.5) is 11.8 Å². The van der Waals surface area contributed by atoms with Gasteiger partial charge in [-0.3, -0.25) is 28.1 Å². The number of aliphatic hydroxyl groups excluding tert-OH is 9. The molecular weight excluding hydrogens is 921 g/mol. The number of nitrogens with one attached hydrogen (secondary N) is 1. The zero-order valence-electron chi connectivity index (χ0n) is 39.3. The molecule has 388 valence electrons. The van der Waals surface area contributed by atoms with Crippen molar-refractivity contribution in [3.63, 3.8) is 0 Å². The predicted molar refractivity (Wildman–Crippen MR) is 251 cm³/mol. The van der Waals surface area contributed by atoms with Crippen molar-refractivity contribution >= 4 is 28.9 Å². The van der Waals surface area contributed by atoms with Crippen LogP contribution in [0.25, 0.3) is 11.2 Å². The first-order valence-electron chi connectivity index (χ1n) is 23.2. The van der Waals surface area contributed by atoms with Crippen LogP contribution in [0.3, 0.4) is 0 Å². The highest BCUT2D eigenvalue weighted by Crippen LogP contribution is 2.26. The van der Waals surface area contributed by atoms with E-state index in [1.807, 2.05) is 4.90 Å². The van der Waals surface area contributed by atoms with Gasteiger partial charge in [0.05, 0.1) is 49.8 Å². The summed E-state index contributed by atoms with van der Waals surface area (Å²) in [6.45, 7) is -1.28. The number of anilines is 2. The van der Waals surface area contributed by atoms with Crippen LogP contribution in [-0.4, -0.2) is 206 Å². The van der Waals surface area contributed by atoms with Crippen molar-refractivity contribution in [2.24, 2.45) is 12.8 Å². The molecule has 1 fully saturated rings. The summed E-state index contributed by atoms with van der Waals surface area (Å²) < 4.78 is 4.67. The zero-order valence-corrected chi connectivity index (χ0v) is 39.3. The van der Waals surface area contributed by atoms with Gasteiger partial charge in [-0.2, -0.15) is 4.98 Å². The number of nitrogens with two attached hydrogens (primary N) is 1. The van der Waals surface area contributed by atoms with Gasteiger partial charge in [0, 0.05) is 71.3 Å². The Labute approximate surface area is 402 Å². The molecule has 26 nitrogen and oxygen atoms in total. The van der Waals surface area contributed by atoms with Crippen molar-refractivity contribution in [3.05, 3.63) is 56.6 Å². The van der Waals surface area contributed by atoms with Gasteiger partial charge >= 0.3 is 11.7 Å². The second kappa shape index (κ2) is 25.6. The van der Waals surface area contributed by atoms with Crippen LogP contribution in [0.5, 0.6) is 0 Å². The van der Waals surface area contributed by atoms with E-state index in [9.17, 15) is 65.4 Å². The van der Waals surface area contributed by atoms with E-state index >= 15 is 0 Å². The minimum atomic E-state index is -3.02. The lowest BCUT2D eigenvalue weighted by Crippen LogP contribution is -2.64. The summed E-state index contributed by atoms with van der Waals surface area (Å²) in [4.78, 5) is 51.4. The molecule has 0 saturated carbocycles. The van der Waals surface area contributed by atoms with Gasteiger partial charge in [0.1, 0.15) is 41.9 Å². The number of hydrogen-bond donors (Lipinski definition) is 13. The number of aromatic nitrogens is 8. The van der Waals surface area contributed by atoms with Gasteiger partial charge in [0.15, 0.2) is 11.2 Å². The van der Waals surface area contributed by atoms with Crippen LogP contribution in [0, 0.1) is 11.8 Å². The molecule has 4 aromatic rings. The summed E-state index contributed by atoms with van der Waals surface area (Å²) in [5.74, 6) is 5.53. The highest BCUT2D eigenvalue weighted by atomic mass is 16.4. The third-order valence-corrected chi connectivity index (χ3v) is 12.5. The largest absolute Gasteiger partial charge is 0.478 e. The van der Waals surface area contributed by atoms with E-state index in [1.54, 1.807) is 23.9 Å². The molecule has 0 aromatic carbocycles. The molecular formula is C44H68N12O14. The Morgan fingerprint density at radius 1 is 0.971 bits per heavy atom. The predicted octanol–water partition coefficient (Wildman–Crippen LogP) is -4.66. The summed E-state index contributed by atoms with van der Waals surface area (Å²) in [5, 5.41) is 128. The van der Waals surface area contributed by atoms with Crippen LogP contribution < -0.4 is 27.2 Å². The number of carbonyl (C=O) groups is 1. The number of nitrogens with zero attached hydrogens (tertiary/aromatic N) is 10. The molecule has 4 aromatic heterocycles. The van der Waals surface area contributed by atoms with Crippen LogP contribution in [0.2, 0.25) is 0 Å². The van der Waals surface area contributed by atoms with Crippen LogP contribution in [0.1, 0.15) is 67.9 Å². The van der Waals surface area contributed by atoms with Gasteiger partial charge in [0.25, 0.3) is 5.56 Å². The Morgan fingerprint density at radius 3 is 2.33 bits per heavy atom. The number of pyridine rings is 1. The first-order chi connectivity index (χ1) is 33.3. The molecule has 9 atom stereocenters.